The van der Waals surface area contributed by atoms with Crippen molar-refractivity contribution in [2.45, 2.75) is 0 Å². The average molecular weight is 509 g/mol. The molecule has 0 radical (unpaired) electrons. The SMILES string of the molecule is CNC(=O)c1n[nH]c2cc(-c3cnc(OC)c(C(=O)NCCS(=O)(=O)Nc4ccccc4)c3)ccc12. The lowest BCUT2D eigenvalue weighted by atomic mass is 10.0. The lowest BCUT2D eigenvalue weighted by molar-refractivity contribution is 0.0947. The normalized spacial score (nSPS) is 11.2. The Kier molecular flexibility index (Phi) is 7.15. The number of amides is 2. The largest absolute Gasteiger partial charge is 0.480 e. The zero-order chi connectivity index (χ0) is 25.7. The minimum atomic E-state index is -3.66. The van der Waals surface area contributed by atoms with E-state index in [-0.39, 0.29) is 35.3 Å². The van der Waals surface area contributed by atoms with Gasteiger partial charge in [-0.1, -0.05) is 24.3 Å². The molecule has 0 fully saturated rings. The highest BCUT2D eigenvalue weighted by molar-refractivity contribution is 7.92. The van der Waals surface area contributed by atoms with Gasteiger partial charge in [-0.25, -0.2) is 13.4 Å². The Bertz CT molecular complexity index is 1520. The monoisotopic (exact) mass is 508 g/mol. The first kappa shape index (κ1) is 24.7. The number of carbonyl (C=O) groups excluding carboxylic acids is 2. The van der Waals surface area contributed by atoms with Crippen LogP contribution in [0.15, 0.2) is 60.8 Å². The molecule has 0 atom stereocenters. The highest BCUT2D eigenvalue weighted by Crippen LogP contribution is 2.28. The van der Waals surface area contributed by atoms with Gasteiger partial charge in [0.1, 0.15) is 5.56 Å². The van der Waals surface area contributed by atoms with E-state index in [4.69, 9.17) is 4.74 Å². The number of anilines is 1. The number of methoxy groups -OCH3 is 1. The molecular weight excluding hydrogens is 484 g/mol. The smallest absolute Gasteiger partial charge is 0.272 e. The topological polar surface area (TPSA) is 155 Å². The molecule has 0 aliphatic rings. The summed E-state index contributed by atoms with van der Waals surface area (Å²) in [5.41, 5.74) is 2.87. The van der Waals surface area contributed by atoms with Gasteiger partial charge in [-0.15, -0.1) is 0 Å². The van der Waals surface area contributed by atoms with Crippen molar-refractivity contribution in [2.75, 3.05) is 31.2 Å². The van der Waals surface area contributed by atoms with Crippen molar-refractivity contribution in [1.29, 1.82) is 0 Å². The van der Waals surface area contributed by atoms with E-state index in [2.05, 4.69) is 30.5 Å². The molecule has 0 spiro atoms. The number of benzene rings is 2. The van der Waals surface area contributed by atoms with Gasteiger partial charge in [0.25, 0.3) is 11.8 Å². The van der Waals surface area contributed by atoms with Gasteiger partial charge < -0.3 is 15.4 Å². The fourth-order valence-corrected chi connectivity index (χ4v) is 4.53. The minimum Gasteiger partial charge on any atom is -0.480 e. The number of hydrogen-bond donors (Lipinski definition) is 4. The van der Waals surface area contributed by atoms with Gasteiger partial charge in [0, 0.05) is 36.4 Å². The van der Waals surface area contributed by atoms with E-state index in [1.165, 1.54) is 14.2 Å². The second kappa shape index (κ2) is 10.4. The standard InChI is InChI=1S/C24H24N6O5S/c1-25-23(32)21-18-9-8-15(13-20(18)28-29-21)16-12-19(24(35-2)27-14-16)22(31)26-10-11-36(33,34)30-17-6-4-3-5-7-17/h3-9,12-14,30H,10-11H2,1-2H3,(H,25,32)(H,26,31)(H,28,29). The summed E-state index contributed by atoms with van der Waals surface area (Å²) in [4.78, 5) is 29.1. The number of nitrogens with zero attached hydrogens (tertiary/aromatic N) is 2. The van der Waals surface area contributed by atoms with Crippen molar-refractivity contribution in [3.63, 3.8) is 0 Å². The number of H-pyrrole nitrogens is 1. The van der Waals surface area contributed by atoms with E-state index >= 15 is 0 Å². The van der Waals surface area contributed by atoms with E-state index in [0.29, 0.717) is 22.2 Å². The van der Waals surface area contributed by atoms with Gasteiger partial charge in [-0.3, -0.25) is 19.4 Å². The van der Waals surface area contributed by atoms with Crippen LogP contribution in [0.4, 0.5) is 5.69 Å². The Labute approximate surface area is 207 Å². The summed E-state index contributed by atoms with van der Waals surface area (Å²) < 4.78 is 32.3. The van der Waals surface area contributed by atoms with Crippen LogP contribution < -0.4 is 20.1 Å². The van der Waals surface area contributed by atoms with Gasteiger partial charge in [0.05, 0.1) is 18.4 Å². The van der Waals surface area contributed by atoms with Crippen LogP contribution in [0.25, 0.3) is 22.0 Å². The van der Waals surface area contributed by atoms with Gasteiger partial charge >= 0.3 is 0 Å². The van der Waals surface area contributed by atoms with Gasteiger partial charge in [-0.2, -0.15) is 5.10 Å². The lowest BCUT2D eigenvalue weighted by Crippen LogP contribution is -2.31. The Morgan fingerprint density at radius 3 is 2.53 bits per heavy atom. The summed E-state index contributed by atoms with van der Waals surface area (Å²) in [5, 5.41) is 12.7. The first-order chi connectivity index (χ1) is 17.3. The molecule has 4 N–H and O–H groups in total. The number of rotatable bonds is 9. The summed E-state index contributed by atoms with van der Waals surface area (Å²) in [7, 11) is -0.733. The molecule has 4 aromatic rings. The van der Waals surface area contributed by atoms with Crippen LogP contribution in [0, 0.1) is 0 Å². The van der Waals surface area contributed by atoms with Crippen molar-refractivity contribution in [2.24, 2.45) is 0 Å². The molecule has 2 heterocycles. The molecule has 36 heavy (non-hydrogen) atoms. The number of nitrogens with one attached hydrogen (secondary N) is 4. The van der Waals surface area contributed by atoms with Crippen LogP contribution in [-0.2, 0) is 10.0 Å². The predicted molar refractivity (Wildman–Crippen MR) is 135 cm³/mol. The number of aromatic amines is 1. The van der Waals surface area contributed by atoms with Crippen LogP contribution in [0.3, 0.4) is 0 Å². The summed E-state index contributed by atoms with van der Waals surface area (Å²) in [6.45, 7) is -0.114. The molecule has 2 amide bonds. The Hall–Kier alpha value is -4.45. The zero-order valence-corrected chi connectivity index (χ0v) is 20.3. The Balaban J connectivity index is 1.50. The molecular formula is C24H24N6O5S. The highest BCUT2D eigenvalue weighted by Gasteiger charge is 2.18. The van der Waals surface area contributed by atoms with Crippen molar-refractivity contribution < 1.29 is 22.7 Å². The van der Waals surface area contributed by atoms with Crippen molar-refractivity contribution in [1.82, 2.24) is 25.8 Å². The first-order valence-corrected chi connectivity index (χ1v) is 12.5. The molecule has 0 saturated carbocycles. The number of aromatic nitrogens is 3. The van der Waals surface area contributed by atoms with E-state index < -0.39 is 15.9 Å². The number of pyridine rings is 1. The number of fused-ring (bicyclic) bond motifs is 1. The molecule has 0 saturated heterocycles. The number of sulfonamides is 1. The van der Waals surface area contributed by atoms with Crippen molar-refractivity contribution in [3.8, 4) is 17.0 Å². The van der Waals surface area contributed by atoms with Gasteiger partial charge in [0.2, 0.25) is 15.9 Å². The third-order valence-corrected chi connectivity index (χ3v) is 6.62. The molecule has 2 aromatic carbocycles. The number of para-hydroxylation sites is 1. The number of hydrogen-bond acceptors (Lipinski definition) is 7. The molecule has 0 unspecified atom stereocenters. The zero-order valence-electron chi connectivity index (χ0n) is 19.5. The van der Waals surface area contributed by atoms with Crippen LogP contribution >= 0.6 is 0 Å². The van der Waals surface area contributed by atoms with Crippen LogP contribution in [0.1, 0.15) is 20.8 Å². The number of ether oxygens (including phenoxy) is 1. The lowest BCUT2D eigenvalue weighted by Gasteiger charge is -2.12. The van der Waals surface area contributed by atoms with Gasteiger partial charge in [-0.05, 0) is 35.9 Å². The van der Waals surface area contributed by atoms with Gasteiger partial charge in [0.15, 0.2) is 5.69 Å². The second-order valence-corrected chi connectivity index (χ2v) is 9.58. The highest BCUT2D eigenvalue weighted by atomic mass is 32.2. The average Bonchev–Trinajstić information content (AvgIpc) is 3.31. The molecule has 11 nitrogen and oxygen atoms in total. The fraction of sp³-hybridized carbons (Fsp3) is 0.167. The summed E-state index contributed by atoms with van der Waals surface area (Å²) in [5.74, 6) is -1.04. The maximum atomic E-state index is 12.9. The van der Waals surface area contributed by atoms with E-state index in [9.17, 15) is 18.0 Å². The molecule has 12 heteroatoms. The minimum absolute atomic E-state index is 0.103. The Morgan fingerprint density at radius 1 is 1.03 bits per heavy atom. The summed E-state index contributed by atoms with van der Waals surface area (Å²) >= 11 is 0. The van der Waals surface area contributed by atoms with Crippen molar-refractivity contribution >= 4 is 38.4 Å². The van der Waals surface area contributed by atoms with Crippen LogP contribution in [-0.4, -0.2) is 61.9 Å². The molecule has 2 aromatic heterocycles. The summed E-state index contributed by atoms with van der Waals surface area (Å²) in [6.07, 6.45) is 1.56. The first-order valence-electron chi connectivity index (χ1n) is 10.9. The van der Waals surface area contributed by atoms with Crippen molar-refractivity contribution in [3.05, 3.63) is 72.1 Å². The van der Waals surface area contributed by atoms with E-state index in [0.717, 1.165) is 5.56 Å². The maximum absolute atomic E-state index is 12.9. The second-order valence-electron chi connectivity index (χ2n) is 7.74. The predicted octanol–water partition coefficient (Wildman–Crippen LogP) is 2.16. The third-order valence-electron chi connectivity index (χ3n) is 5.33. The number of carbonyl (C=O) groups is 2. The molecule has 0 aliphatic heterocycles. The van der Waals surface area contributed by atoms with Crippen LogP contribution in [0.2, 0.25) is 0 Å². The van der Waals surface area contributed by atoms with E-state index in [1.54, 1.807) is 60.8 Å². The summed E-state index contributed by atoms with van der Waals surface area (Å²) in [6, 6.07) is 15.4. The maximum Gasteiger partial charge on any atom is 0.272 e. The van der Waals surface area contributed by atoms with Crippen LogP contribution in [0.5, 0.6) is 5.88 Å². The van der Waals surface area contributed by atoms with E-state index in [1.807, 2.05) is 0 Å². The molecule has 0 bridgehead atoms. The quantitative estimate of drug-likeness (QED) is 0.270. The third kappa shape index (κ3) is 5.44. The molecule has 0 aliphatic carbocycles. The molecule has 186 valence electrons. The fourth-order valence-electron chi connectivity index (χ4n) is 3.56. The molecule has 4 rings (SSSR count). The Morgan fingerprint density at radius 2 is 1.81 bits per heavy atom.